The number of para-hydroxylation sites is 1. The molecule has 35 heavy (non-hydrogen) atoms. The topological polar surface area (TPSA) is 96.9 Å². The fourth-order valence-electron chi connectivity index (χ4n) is 4.93. The summed E-state index contributed by atoms with van der Waals surface area (Å²) in [5.41, 5.74) is 0.466. The van der Waals surface area contributed by atoms with Gasteiger partial charge >= 0.3 is 0 Å². The highest BCUT2D eigenvalue weighted by Gasteiger charge is 2.37. The molecule has 0 saturated carbocycles. The second-order valence-corrected chi connectivity index (χ2v) is 9.41. The van der Waals surface area contributed by atoms with Gasteiger partial charge in [0.15, 0.2) is 0 Å². The Labute approximate surface area is 206 Å². The van der Waals surface area contributed by atoms with E-state index < -0.39 is 0 Å². The molecule has 3 heterocycles. The molecule has 9 heteroatoms. The minimum Gasteiger partial charge on any atom is -0.492 e. The monoisotopic (exact) mass is 481 g/mol. The highest BCUT2D eigenvalue weighted by atomic mass is 16.5. The number of hydrogen-bond donors (Lipinski definition) is 1. The zero-order chi connectivity index (χ0) is 24.7. The molecular formula is C26H35N5O4. The highest BCUT2D eigenvalue weighted by molar-refractivity contribution is 5.96. The number of methoxy groups -OCH3 is 1. The Morgan fingerprint density at radius 3 is 2.71 bits per heavy atom. The zero-order valence-electron chi connectivity index (χ0n) is 20.7. The fraction of sp³-hybridized carbons (Fsp3) is 0.538. The summed E-state index contributed by atoms with van der Waals surface area (Å²) in [5, 5.41) is 3.03. The van der Waals surface area contributed by atoms with Crippen molar-refractivity contribution in [3.63, 3.8) is 0 Å². The van der Waals surface area contributed by atoms with Gasteiger partial charge in [0.1, 0.15) is 24.0 Å². The Morgan fingerprint density at radius 2 is 1.94 bits per heavy atom. The van der Waals surface area contributed by atoms with E-state index in [1.807, 2.05) is 36.1 Å². The quantitative estimate of drug-likeness (QED) is 0.719. The molecule has 1 N–H and O–H groups in total. The van der Waals surface area contributed by atoms with Crippen molar-refractivity contribution >= 4 is 17.6 Å². The van der Waals surface area contributed by atoms with Gasteiger partial charge in [0.25, 0.3) is 5.91 Å². The molecule has 188 valence electrons. The predicted molar refractivity (Wildman–Crippen MR) is 133 cm³/mol. The molecule has 2 amide bonds. The Morgan fingerprint density at radius 1 is 1.14 bits per heavy atom. The Bertz CT molecular complexity index is 1020. The molecule has 1 saturated heterocycles. The van der Waals surface area contributed by atoms with Crippen LogP contribution in [0.4, 0.5) is 5.82 Å². The van der Waals surface area contributed by atoms with Crippen LogP contribution in [0, 0.1) is 12.3 Å². The molecule has 1 aromatic heterocycles. The summed E-state index contributed by atoms with van der Waals surface area (Å²) in [4.78, 5) is 38.2. The lowest BCUT2D eigenvalue weighted by Gasteiger charge is -2.42. The van der Waals surface area contributed by atoms with E-state index in [2.05, 4.69) is 20.2 Å². The van der Waals surface area contributed by atoms with Crippen molar-refractivity contribution in [2.75, 3.05) is 57.9 Å². The number of amides is 2. The number of nitrogens with one attached hydrogen (secondary N) is 1. The molecular weight excluding hydrogens is 446 g/mol. The molecule has 9 nitrogen and oxygen atoms in total. The van der Waals surface area contributed by atoms with E-state index in [0.717, 1.165) is 43.9 Å². The van der Waals surface area contributed by atoms with E-state index in [-0.39, 0.29) is 23.8 Å². The maximum absolute atomic E-state index is 13.0. The number of carbonyl (C=O) groups excluding carboxylic acids is 2. The molecule has 1 spiro atoms. The van der Waals surface area contributed by atoms with E-state index in [4.69, 9.17) is 9.47 Å². The van der Waals surface area contributed by atoms with Crippen LogP contribution in [-0.2, 0) is 9.53 Å². The van der Waals surface area contributed by atoms with Crippen LogP contribution in [0.15, 0.2) is 36.5 Å². The standard InChI is InChI=1S/C26H35N5O4/c1-20-27-12-8-23(29-20)30-14-5-9-26(10-15-31(16-11-26)24(32)18-34-2)19-35-22-7-4-3-6-21(22)25(33)28-13-17-30/h3-4,6-8,12H,5,9-11,13-19H2,1-2H3,(H,28,33). The SMILES string of the molecule is COCC(=O)N1CCC2(CCCN(c3ccnc(C)n3)CCNC(=O)c3ccccc3OC2)CC1. The third-order valence-electron chi connectivity index (χ3n) is 7.00. The fourth-order valence-corrected chi connectivity index (χ4v) is 4.93. The lowest BCUT2D eigenvalue weighted by atomic mass is 9.75. The van der Waals surface area contributed by atoms with Crippen molar-refractivity contribution in [1.82, 2.24) is 20.2 Å². The molecule has 0 unspecified atom stereocenters. The van der Waals surface area contributed by atoms with Crippen LogP contribution < -0.4 is 15.0 Å². The van der Waals surface area contributed by atoms with Gasteiger partial charge in [0.2, 0.25) is 5.91 Å². The highest BCUT2D eigenvalue weighted by Crippen LogP contribution is 2.38. The van der Waals surface area contributed by atoms with Gasteiger partial charge < -0.3 is 24.6 Å². The van der Waals surface area contributed by atoms with Crippen LogP contribution in [0.3, 0.4) is 0 Å². The Hall–Kier alpha value is -3.20. The number of ether oxygens (including phenoxy) is 2. The van der Waals surface area contributed by atoms with Crippen molar-refractivity contribution in [2.24, 2.45) is 5.41 Å². The van der Waals surface area contributed by atoms with Crippen LogP contribution in [0.5, 0.6) is 5.75 Å². The van der Waals surface area contributed by atoms with Gasteiger partial charge in [-0.3, -0.25) is 9.59 Å². The molecule has 2 aromatic rings. The largest absolute Gasteiger partial charge is 0.492 e. The number of nitrogens with zero attached hydrogens (tertiary/aromatic N) is 4. The average Bonchev–Trinajstić information content (AvgIpc) is 2.88. The van der Waals surface area contributed by atoms with Crippen molar-refractivity contribution in [3.8, 4) is 5.75 Å². The smallest absolute Gasteiger partial charge is 0.255 e. The molecule has 1 aromatic carbocycles. The first kappa shape index (κ1) is 24.9. The third-order valence-corrected chi connectivity index (χ3v) is 7.00. The lowest BCUT2D eigenvalue weighted by molar-refractivity contribution is -0.138. The predicted octanol–water partition coefficient (Wildman–Crippen LogP) is 2.45. The number of piperidine rings is 1. The van der Waals surface area contributed by atoms with Gasteiger partial charge in [-0.05, 0) is 50.8 Å². The molecule has 0 aliphatic carbocycles. The van der Waals surface area contributed by atoms with Crippen LogP contribution in [-0.4, -0.2) is 79.7 Å². The number of benzene rings is 1. The average molecular weight is 482 g/mol. The number of aromatic nitrogens is 2. The maximum atomic E-state index is 13.0. The number of fused-ring (bicyclic) bond motifs is 1. The van der Waals surface area contributed by atoms with Crippen LogP contribution in [0.2, 0.25) is 0 Å². The number of aryl methyl sites for hydroxylation is 1. The maximum Gasteiger partial charge on any atom is 0.255 e. The van der Waals surface area contributed by atoms with Gasteiger partial charge in [-0.1, -0.05) is 12.1 Å². The van der Waals surface area contributed by atoms with E-state index >= 15 is 0 Å². The van der Waals surface area contributed by atoms with Gasteiger partial charge in [-0.25, -0.2) is 9.97 Å². The third kappa shape index (κ3) is 6.28. The first-order chi connectivity index (χ1) is 17.0. The van der Waals surface area contributed by atoms with E-state index in [1.54, 1.807) is 19.4 Å². The second-order valence-electron chi connectivity index (χ2n) is 9.41. The second kappa shape index (κ2) is 11.5. The molecule has 1 fully saturated rings. The number of anilines is 1. The molecule has 0 bridgehead atoms. The molecule has 0 radical (unpaired) electrons. The van der Waals surface area contributed by atoms with Crippen molar-refractivity contribution in [3.05, 3.63) is 47.9 Å². The number of hydrogen-bond acceptors (Lipinski definition) is 7. The minimum absolute atomic E-state index is 0.0280. The first-order valence-electron chi connectivity index (χ1n) is 12.3. The Kier molecular flexibility index (Phi) is 8.17. The number of carbonyl (C=O) groups is 2. The molecule has 0 atom stereocenters. The van der Waals surface area contributed by atoms with Crippen LogP contribution in [0.1, 0.15) is 41.9 Å². The number of rotatable bonds is 3. The summed E-state index contributed by atoms with van der Waals surface area (Å²) in [6.45, 7) is 5.83. The molecule has 2 aliphatic rings. The summed E-state index contributed by atoms with van der Waals surface area (Å²) in [6.07, 6.45) is 5.39. The van der Waals surface area contributed by atoms with Gasteiger partial charge in [-0.15, -0.1) is 0 Å². The van der Waals surface area contributed by atoms with Gasteiger partial charge in [-0.2, -0.15) is 0 Å². The normalized spacial score (nSPS) is 19.0. The van der Waals surface area contributed by atoms with Crippen molar-refractivity contribution in [2.45, 2.75) is 32.6 Å². The van der Waals surface area contributed by atoms with Gasteiger partial charge in [0, 0.05) is 51.4 Å². The van der Waals surface area contributed by atoms with Crippen molar-refractivity contribution < 1.29 is 19.1 Å². The molecule has 2 aliphatic heterocycles. The molecule has 4 rings (SSSR count). The van der Waals surface area contributed by atoms with Crippen LogP contribution in [0.25, 0.3) is 0 Å². The summed E-state index contributed by atoms with van der Waals surface area (Å²) in [7, 11) is 1.55. The minimum atomic E-state index is -0.146. The number of likely N-dealkylation sites (tertiary alicyclic amines) is 1. The zero-order valence-corrected chi connectivity index (χ0v) is 20.7. The van der Waals surface area contributed by atoms with E-state index in [0.29, 0.717) is 44.1 Å². The summed E-state index contributed by atoms with van der Waals surface area (Å²) in [5.74, 6) is 2.08. The summed E-state index contributed by atoms with van der Waals surface area (Å²) < 4.78 is 11.4. The summed E-state index contributed by atoms with van der Waals surface area (Å²) in [6, 6.07) is 9.32. The van der Waals surface area contributed by atoms with E-state index in [9.17, 15) is 9.59 Å². The summed E-state index contributed by atoms with van der Waals surface area (Å²) >= 11 is 0. The van der Waals surface area contributed by atoms with Gasteiger partial charge in [0.05, 0.1) is 12.2 Å². The Balaban J connectivity index is 1.56. The van der Waals surface area contributed by atoms with E-state index in [1.165, 1.54) is 0 Å². The lowest BCUT2D eigenvalue weighted by Crippen LogP contribution is -2.46. The van der Waals surface area contributed by atoms with Crippen LogP contribution >= 0.6 is 0 Å². The van der Waals surface area contributed by atoms with Crippen molar-refractivity contribution in [1.29, 1.82) is 0 Å². The first-order valence-corrected chi connectivity index (χ1v) is 12.3.